The first-order chi connectivity index (χ1) is 12.5. The van der Waals surface area contributed by atoms with Gasteiger partial charge in [-0.2, -0.15) is 0 Å². The van der Waals surface area contributed by atoms with E-state index in [4.69, 9.17) is 9.47 Å². The third-order valence-corrected chi connectivity index (χ3v) is 5.55. The Morgan fingerprint density at radius 3 is 2.46 bits per heavy atom. The highest BCUT2D eigenvalue weighted by atomic mass is 32.1. The monoisotopic (exact) mass is 370 g/mol. The van der Waals surface area contributed by atoms with Crippen LogP contribution in [-0.2, 0) is 6.54 Å². The standard InChI is InChI=1S/C20H22N2O3S/c1-13-14(2)26-20(22-9-5-6-10-22)18(13)19(23)21-12-15-7-8-16(24-3)17(11-15)25-4/h5-11H,12H2,1-4H3,(H,21,23). The number of hydrogen-bond donors (Lipinski definition) is 1. The van der Waals surface area contributed by atoms with Gasteiger partial charge in [0, 0.05) is 23.8 Å². The number of methoxy groups -OCH3 is 2. The quantitative estimate of drug-likeness (QED) is 0.711. The number of carbonyl (C=O) groups excluding carboxylic acids is 1. The molecule has 0 spiro atoms. The molecule has 0 radical (unpaired) electrons. The molecule has 26 heavy (non-hydrogen) atoms. The summed E-state index contributed by atoms with van der Waals surface area (Å²) < 4.78 is 12.5. The van der Waals surface area contributed by atoms with Gasteiger partial charge in [0.25, 0.3) is 5.91 Å². The van der Waals surface area contributed by atoms with E-state index in [0.29, 0.717) is 18.0 Å². The first kappa shape index (κ1) is 18.1. The van der Waals surface area contributed by atoms with Crippen molar-refractivity contribution in [1.82, 2.24) is 9.88 Å². The largest absolute Gasteiger partial charge is 0.493 e. The zero-order valence-corrected chi connectivity index (χ0v) is 16.1. The van der Waals surface area contributed by atoms with Gasteiger partial charge in [0.1, 0.15) is 5.00 Å². The Kier molecular flexibility index (Phi) is 5.32. The lowest BCUT2D eigenvalue weighted by atomic mass is 10.1. The average molecular weight is 370 g/mol. The van der Waals surface area contributed by atoms with E-state index < -0.39 is 0 Å². The van der Waals surface area contributed by atoms with Crippen LogP contribution in [0.4, 0.5) is 0 Å². The first-order valence-electron chi connectivity index (χ1n) is 8.27. The van der Waals surface area contributed by atoms with Crippen LogP contribution in [0.15, 0.2) is 42.7 Å². The summed E-state index contributed by atoms with van der Waals surface area (Å²) in [6.07, 6.45) is 3.91. The Bertz CT molecular complexity index is 914. The number of ether oxygens (including phenoxy) is 2. The number of amides is 1. The summed E-state index contributed by atoms with van der Waals surface area (Å²) in [5.41, 5.74) is 2.69. The maximum Gasteiger partial charge on any atom is 0.254 e. The molecular weight excluding hydrogens is 348 g/mol. The van der Waals surface area contributed by atoms with Crippen molar-refractivity contribution in [3.8, 4) is 16.5 Å². The zero-order valence-electron chi connectivity index (χ0n) is 15.3. The third kappa shape index (κ3) is 3.46. The van der Waals surface area contributed by atoms with Crippen LogP contribution in [-0.4, -0.2) is 24.7 Å². The SMILES string of the molecule is COc1ccc(CNC(=O)c2c(-n3cccc3)sc(C)c2C)cc1OC. The predicted molar refractivity (Wildman–Crippen MR) is 104 cm³/mol. The number of carbonyl (C=O) groups is 1. The van der Waals surface area contributed by atoms with Crippen molar-refractivity contribution in [2.45, 2.75) is 20.4 Å². The van der Waals surface area contributed by atoms with Crippen molar-refractivity contribution >= 4 is 17.2 Å². The van der Waals surface area contributed by atoms with Gasteiger partial charge in [0.2, 0.25) is 0 Å². The molecule has 1 aromatic carbocycles. The van der Waals surface area contributed by atoms with E-state index in [1.54, 1.807) is 25.6 Å². The highest BCUT2D eigenvalue weighted by molar-refractivity contribution is 7.15. The highest BCUT2D eigenvalue weighted by Gasteiger charge is 2.20. The Hall–Kier alpha value is -2.73. The van der Waals surface area contributed by atoms with Gasteiger partial charge in [-0.3, -0.25) is 4.79 Å². The molecule has 136 valence electrons. The van der Waals surface area contributed by atoms with Crippen molar-refractivity contribution in [3.63, 3.8) is 0 Å². The van der Waals surface area contributed by atoms with Gasteiger partial charge in [-0.15, -0.1) is 11.3 Å². The van der Waals surface area contributed by atoms with Crippen LogP contribution < -0.4 is 14.8 Å². The van der Waals surface area contributed by atoms with Crippen LogP contribution in [0.25, 0.3) is 5.00 Å². The third-order valence-electron chi connectivity index (χ3n) is 4.33. The molecule has 0 fully saturated rings. The maximum atomic E-state index is 12.9. The van der Waals surface area contributed by atoms with Gasteiger partial charge in [-0.1, -0.05) is 6.07 Å². The fourth-order valence-electron chi connectivity index (χ4n) is 2.79. The van der Waals surface area contributed by atoms with E-state index in [1.165, 1.54) is 0 Å². The lowest BCUT2D eigenvalue weighted by Crippen LogP contribution is -2.24. The van der Waals surface area contributed by atoms with E-state index in [2.05, 4.69) is 5.32 Å². The summed E-state index contributed by atoms with van der Waals surface area (Å²) in [5, 5.41) is 3.96. The van der Waals surface area contributed by atoms with Gasteiger partial charge in [0.05, 0.1) is 19.8 Å². The lowest BCUT2D eigenvalue weighted by molar-refractivity contribution is 0.0950. The molecule has 2 aromatic heterocycles. The van der Waals surface area contributed by atoms with Crippen LogP contribution >= 0.6 is 11.3 Å². The molecule has 0 aliphatic carbocycles. The minimum atomic E-state index is -0.0784. The van der Waals surface area contributed by atoms with Gasteiger partial charge >= 0.3 is 0 Å². The van der Waals surface area contributed by atoms with Gasteiger partial charge < -0.3 is 19.4 Å². The van der Waals surface area contributed by atoms with Crippen molar-refractivity contribution in [3.05, 3.63) is 64.3 Å². The molecule has 0 saturated heterocycles. The van der Waals surface area contributed by atoms with Crippen LogP contribution in [0.5, 0.6) is 11.5 Å². The number of aromatic nitrogens is 1. The van der Waals surface area contributed by atoms with E-state index in [9.17, 15) is 4.79 Å². The van der Waals surface area contributed by atoms with Crippen molar-refractivity contribution in [1.29, 1.82) is 0 Å². The van der Waals surface area contributed by atoms with E-state index in [1.807, 2.05) is 61.1 Å². The summed E-state index contributed by atoms with van der Waals surface area (Å²) in [5.74, 6) is 1.24. The number of thiophene rings is 1. The first-order valence-corrected chi connectivity index (χ1v) is 9.09. The second kappa shape index (κ2) is 7.66. The van der Waals surface area contributed by atoms with Crippen LogP contribution in [0, 0.1) is 13.8 Å². The Morgan fingerprint density at radius 2 is 1.81 bits per heavy atom. The van der Waals surface area contributed by atoms with Crippen molar-refractivity contribution in [2.75, 3.05) is 14.2 Å². The Balaban J connectivity index is 1.81. The maximum absolute atomic E-state index is 12.9. The minimum absolute atomic E-state index is 0.0784. The molecule has 3 rings (SSSR count). The number of benzene rings is 1. The molecule has 0 bridgehead atoms. The molecule has 0 unspecified atom stereocenters. The lowest BCUT2D eigenvalue weighted by Gasteiger charge is -2.11. The van der Waals surface area contributed by atoms with Crippen LogP contribution in [0.3, 0.4) is 0 Å². The topological polar surface area (TPSA) is 52.5 Å². The van der Waals surface area contributed by atoms with E-state index >= 15 is 0 Å². The van der Waals surface area contributed by atoms with Gasteiger partial charge in [-0.05, 0) is 49.2 Å². The number of nitrogens with one attached hydrogen (secondary N) is 1. The number of aryl methyl sites for hydroxylation is 1. The van der Waals surface area contributed by atoms with E-state index in [-0.39, 0.29) is 5.91 Å². The molecule has 6 heteroatoms. The Morgan fingerprint density at radius 1 is 1.12 bits per heavy atom. The smallest absolute Gasteiger partial charge is 0.254 e. The summed E-state index contributed by atoms with van der Waals surface area (Å²) >= 11 is 1.63. The number of rotatable bonds is 6. The molecule has 1 N–H and O–H groups in total. The molecule has 0 aliphatic heterocycles. The second-order valence-electron chi connectivity index (χ2n) is 5.93. The molecular formula is C20H22N2O3S. The summed E-state index contributed by atoms with van der Waals surface area (Å²) in [6, 6.07) is 9.54. The van der Waals surface area contributed by atoms with Gasteiger partial charge in [0.15, 0.2) is 11.5 Å². The minimum Gasteiger partial charge on any atom is -0.493 e. The van der Waals surface area contributed by atoms with E-state index in [0.717, 1.165) is 26.6 Å². The fourth-order valence-corrected chi connectivity index (χ4v) is 3.91. The zero-order chi connectivity index (χ0) is 18.7. The van der Waals surface area contributed by atoms with Crippen molar-refractivity contribution < 1.29 is 14.3 Å². The molecule has 0 aliphatic rings. The molecule has 1 amide bonds. The van der Waals surface area contributed by atoms with Crippen LogP contribution in [0.1, 0.15) is 26.4 Å². The molecule has 2 heterocycles. The number of hydrogen-bond acceptors (Lipinski definition) is 4. The molecule has 5 nitrogen and oxygen atoms in total. The van der Waals surface area contributed by atoms with Crippen molar-refractivity contribution in [2.24, 2.45) is 0 Å². The number of nitrogens with zero attached hydrogens (tertiary/aromatic N) is 1. The Labute approximate surface area is 157 Å². The summed E-state index contributed by atoms with van der Waals surface area (Å²) in [7, 11) is 3.20. The second-order valence-corrected chi connectivity index (χ2v) is 7.13. The average Bonchev–Trinajstić information content (AvgIpc) is 3.28. The normalized spacial score (nSPS) is 10.6. The molecule has 0 saturated carbocycles. The van der Waals surface area contributed by atoms with Gasteiger partial charge in [-0.25, -0.2) is 0 Å². The summed E-state index contributed by atoms with van der Waals surface area (Å²) in [6.45, 7) is 4.45. The fraction of sp³-hybridized carbons (Fsp3) is 0.250. The predicted octanol–water partition coefficient (Wildman–Crippen LogP) is 4.10. The van der Waals surface area contributed by atoms with Crippen LogP contribution in [0.2, 0.25) is 0 Å². The molecule has 3 aromatic rings. The molecule has 0 atom stereocenters. The highest BCUT2D eigenvalue weighted by Crippen LogP contribution is 2.31. The summed E-state index contributed by atoms with van der Waals surface area (Å²) in [4.78, 5) is 14.0.